The Morgan fingerprint density at radius 1 is 1.12 bits per heavy atom. The number of benzene rings is 2. The fourth-order valence-corrected chi connectivity index (χ4v) is 3.55. The highest BCUT2D eigenvalue weighted by molar-refractivity contribution is 6.31. The number of amides is 2. The van der Waals surface area contributed by atoms with Gasteiger partial charge in [0.2, 0.25) is 0 Å². The van der Waals surface area contributed by atoms with Gasteiger partial charge in [0.05, 0.1) is 23.4 Å². The molecular formula is C20H18ClF3N4O5. The molecule has 9 nitrogen and oxygen atoms in total. The predicted molar refractivity (Wildman–Crippen MR) is 114 cm³/mol. The number of anilines is 2. The average Bonchev–Trinajstić information content (AvgIpc) is 2.77. The quantitative estimate of drug-likeness (QED) is 0.510. The summed E-state index contributed by atoms with van der Waals surface area (Å²) in [6.07, 6.45) is -4.94. The summed E-state index contributed by atoms with van der Waals surface area (Å²) >= 11 is 6.05. The molecule has 176 valence electrons. The predicted octanol–water partition coefficient (Wildman–Crippen LogP) is 3.72. The third-order valence-electron chi connectivity index (χ3n) is 4.99. The summed E-state index contributed by atoms with van der Waals surface area (Å²) in [5.41, 5.74) is 0.354. The van der Waals surface area contributed by atoms with Crippen LogP contribution >= 0.6 is 11.6 Å². The van der Waals surface area contributed by atoms with Crippen molar-refractivity contribution < 1.29 is 32.4 Å². The molecule has 0 bridgehead atoms. The Balaban J connectivity index is 1.80. The van der Waals surface area contributed by atoms with Crippen LogP contribution in [-0.2, 0) is 4.79 Å². The van der Waals surface area contributed by atoms with Gasteiger partial charge in [-0.2, -0.15) is 13.2 Å². The molecule has 1 N–H and O–H groups in total. The van der Waals surface area contributed by atoms with E-state index in [9.17, 15) is 32.9 Å². The minimum absolute atomic E-state index is 0.00554. The van der Waals surface area contributed by atoms with E-state index in [4.69, 9.17) is 16.3 Å². The molecule has 33 heavy (non-hydrogen) atoms. The van der Waals surface area contributed by atoms with E-state index in [2.05, 4.69) is 5.32 Å². The van der Waals surface area contributed by atoms with Gasteiger partial charge in [0.1, 0.15) is 0 Å². The maximum Gasteiger partial charge on any atom is 0.471 e. The van der Waals surface area contributed by atoms with Crippen molar-refractivity contribution in [3.63, 3.8) is 0 Å². The van der Waals surface area contributed by atoms with Crippen LogP contribution in [-0.4, -0.2) is 61.1 Å². The lowest BCUT2D eigenvalue weighted by Crippen LogP contribution is -2.52. The Labute approximate surface area is 190 Å². The number of rotatable bonds is 5. The molecular weight excluding hydrogens is 469 g/mol. The molecule has 0 aliphatic carbocycles. The highest BCUT2D eigenvalue weighted by Gasteiger charge is 2.43. The van der Waals surface area contributed by atoms with Crippen LogP contribution in [0.25, 0.3) is 0 Å². The molecule has 0 radical (unpaired) electrons. The first-order valence-electron chi connectivity index (χ1n) is 9.55. The Kier molecular flexibility index (Phi) is 6.96. The Bertz CT molecular complexity index is 1090. The molecule has 2 amide bonds. The van der Waals surface area contributed by atoms with Crippen molar-refractivity contribution in [1.29, 1.82) is 0 Å². The molecule has 0 atom stereocenters. The maximum atomic E-state index is 12.8. The van der Waals surface area contributed by atoms with E-state index >= 15 is 0 Å². The number of nitro benzene ring substituents is 1. The van der Waals surface area contributed by atoms with Crippen LogP contribution in [0, 0.1) is 10.1 Å². The normalized spacial score (nSPS) is 14.1. The standard InChI is InChI=1S/C20H18ClF3N4O5/c1-33-17-5-2-12(10-16(17)28(31)32)18(29)25-14-11-13(21)3-4-15(14)26-6-8-27(9-7-26)19(30)20(22,23)24/h2-5,10-11H,6-9H2,1H3,(H,25,29). The van der Waals surface area contributed by atoms with Crippen molar-refractivity contribution in [2.75, 3.05) is 43.5 Å². The molecule has 1 saturated heterocycles. The summed E-state index contributed by atoms with van der Waals surface area (Å²) < 4.78 is 43.0. The molecule has 13 heteroatoms. The van der Waals surface area contributed by atoms with Gasteiger partial charge in [-0.3, -0.25) is 19.7 Å². The smallest absolute Gasteiger partial charge is 0.471 e. The van der Waals surface area contributed by atoms with Crippen LogP contribution in [0.1, 0.15) is 10.4 Å². The number of nitrogens with one attached hydrogen (secondary N) is 1. The molecule has 0 aromatic heterocycles. The van der Waals surface area contributed by atoms with Crippen LogP contribution in [0.4, 0.5) is 30.2 Å². The number of alkyl halides is 3. The molecule has 1 aliphatic rings. The van der Waals surface area contributed by atoms with Crippen molar-refractivity contribution in [3.8, 4) is 5.75 Å². The van der Waals surface area contributed by atoms with Gasteiger partial charge in [0.25, 0.3) is 5.91 Å². The third kappa shape index (κ3) is 5.45. The van der Waals surface area contributed by atoms with Crippen LogP contribution in [0.2, 0.25) is 5.02 Å². The molecule has 2 aromatic rings. The van der Waals surface area contributed by atoms with Gasteiger partial charge in [0.15, 0.2) is 5.75 Å². The van der Waals surface area contributed by atoms with E-state index in [1.165, 1.54) is 25.3 Å². The molecule has 1 aliphatic heterocycles. The Morgan fingerprint density at radius 3 is 2.36 bits per heavy atom. The zero-order chi connectivity index (χ0) is 24.3. The molecule has 3 rings (SSSR count). The summed E-state index contributed by atoms with van der Waals surface area (Å²) in [7, 11) is 1.27. The lowest BCUT2D eigenvalue weighted by molar-refractivity contribution is -0.385. The number of ether oxygens (including phenoxy) is 1. The Hall–Kier alpha value is -3.54. The molecule has 2 aromatic carbocycles. The largest absolute Gasteiger partial charge is 0.490 e. The van der Waals surface area contributed by atoms with Crippen molar-refractivity contribution >= 4 is 40.5 Å². The number of halogens is 4. The van der Waals surface area contributed by atoms with Crippen molar-refractivity contribution in [2.24, 2.45) is 0 Å². The zero-order valence-electron chi connectivity index (χ0n) is 17.2. The number of nitro groups is 1. The summed E-state index contributed by atoms with van der Waals surface area (Å²) in [6.45, 7) is -0.112. The second-order valence-electron chi connectivity index (χ2n) is 7.04. The maximum absolute atomic E-state index is 12.8. The minimum Gasteiger partial charge on any atom is -0.490 e. The van der Waals surface area contributed by atoms with E-state index in [1.54, 1.807) is 17.0 Å². The van der Waals surface area contributed by atoms with Gasteiger partial charge in [-0.05, 0) is 30.3 Å². The minimum atomic E-state index is -4.94. The molecule has 1 fully saturated rings. The summed E-state index contributed by atoms with van der Waals surface area (Å²) in [6, 6.07) is 8.32. The van der Waals surface area contributed by atoms with Gasteiger partial charge in [-0.1, -0.05) is 11.6 Å². The number of piperazine rings is 1. The molecule has 0 spiro atoms. The van der Waals surface area contributed by atoms with Gasteiger partial charge in [0, 0.05) is 42.8 Å². The van der Waals surface area contributed by atoms with E-state index < -0.39 is 22.9 Å². The number of carbonyl (C=O) groups excluding carboxylic acids is 2. The van der Waals surface area contributed by atoms with Gasteiger partial charge < -0.3 is 19.9 Å². The number of hydrogen-bond acceptors (Lipinski definition) is 6. The van der Waals surface area contributed by atoms with Gasteiger partial charge in [-0.15, -0.1) is 0 Å². The lowest BCUT2D eigenvalue weighted by Gasteiger charge is -2.37. The molecule has 0 saturated carbocycles. The van der Waals surface area contributed by atoms with Crippen molar-refractivity contribution in [1.82, 2.24) is 4.90 Å². The second kappa shape index (κ2) is 9.53. The van der Waals surface area contributed by atoms with E-state index in [-0.39, 0.29) is 48.9 Å². The Morgan fingerprint density at radius 2 is 1.79 bits per heavy atom. The highest BCUT2D eigenvalue weighted by atomic mass is 35.5. The van der Waals surface area contributed by atoms with Crippen molar-refractivity contribution in [2.45, 2.75) is 6.18 Å². The first-order chi connectivity index (χ1) is 15.5. The van der Waals surface area contributed by atoms with Gasteiger partial charge in [-0.25, -0.2) is 0 Å². The molecule has 0 unspecified atom stereocenters. The summed E-state index contributed by atoms with van der Waals surface area (Å²) in [4.78, 5) is 37.2. The first kappa shape index (κ1) is 24.1. The number of methoxy groups -OCH3 is 1. The van der Waals surface area contributed by atoms with Crippen LogP contribution < -0.4 is 15.0 Å². The van der Waals surface area contributed by atoms with Crippen molar-refractivity contribution in [3.05, 3.63) is 57.1 Å². The first-order valence-corrected chi connectivity index (χ1v) is 9.93. The molecule has 1 heterocycles. The van der Waals surface area contributed by atoms with E-state index in [0.717, 1.165) is 11.0 Å². The van der Waals surface area contributed by atoms with E-state index in [0.29, 0.717) is 10.7 Å². The van der Waals surface area contributed by atoms with E-state index in [1.807, 2.05) is 0 Å². The fraction of sp³-hybridized carbons (Fsp3) is 0.300. The number of nitrogens with zero attached hydrogens (tertiary/aromatic N) is 3. The van der Waals surface area contributed by atoms with Gasteiger partial charge >= 0.3 is 17.8 Å². The second-order valence-corrected chi connectivity index (χ2v) is 7.47. The number of hydrogen-bond donors (Lipinski definition) is 1. The zero-order valence-corrected chi connectivity index (χ0v) is 17.9. The summed E-state index contributed by atoms with van der Waals surface area (Å²) in [5.74, 6) is -2.56. The average molecular weight is 487 g/mol. The monoisotopic (exact) mass is 486 g/mol. The summed E-state index contributed by atoms with van der Waals surface area (Å²) in [5, 5.41) is 14.2. The SMILES string of the molecule is COc1ccc(C(=O)Nc2cc(Cl)ccc2N2CCN(C(=O)C(F)(F)F)CC2)cc1[N+](=O)[O-]. The van der Waals surface area contributed by atoms with Crippen LogP contribution in [0.3, 0.4) is 0 Å². The topological polar surface area (TPSA) is 105 Å². The lowest BCUT2D eigenvalue weighted by atomic mass is 10.1. The fourth-order valence-electron chi connectivity index (χ4n) is 3.38. The van der Waals surface area contributed by atoms with Crippen LogP contribution in [0.15, 0.2) is 36.4 Å². The highest BCUT2D eigenvalue weighted by Crippen LogP contribution is 2.32. The third-order valence-corrected chi connectivity index (χ3v) is 5.23. The van der Waals surface area contributed by atoms with Crippen LogP contribution in [0.5, 0.6) is 5.75 Å². The number of carbonyl (C=O) groups is 2.